The van der Waals surface area contributed by atoms with Gasteiger partial charge in [0.2, 0.25) is 0 Å². The number of hydrogen-bond acceptors (Lipinski definition) is 2. The van der Waals surface area contributed by atoms with Crippen LogP contribution in [0.25, 0.3) is 0 Å². The van der Waals surface area contributed by atoms with Gasteiger partial charge in [-0.25, -0.2) is 0 Å². The maximum Gasteiger partial charge on any atom is 2.00 e. The Labute approximate surface area is 173 Å². The molecule has 3 rings (SSSR count). The number of rotatable bonds is 4. The van der Waals surface area contributed by atoms with Gasteiger partial charge in [0, 0.05) is 11.4 Å². The predicted octanol–water partition coefficient (Wildman–Crippen LogP) is 5.99. The van der Waals surface area contributed by atoms with Gasteiger partial charge in [0.25, 0.3) is 0 Å². The molecule has 0 bridgehead atoms. The van der Waals surface area contributed by atoms with Gasteiger partial charge in [-0.15, -0.1) is 11.4 Å². The maximum absolute atomic E-state index is 4.71. The number of benzene rings is 2. The Balaban J connectivity index is 0.00000182. The Hall–Kier alpha value is -2.42. The summed E-state index contributed by atoms with van der Waals surface area (Å²) in [6, 6.07) is 20.2. The number of aryl methyl sites for hydroxylation is 2. The Morgan fingerprint density at radius 3 is 1.41 bits per heavy atom. The van der Waals surface area contributed by atoms with Crippen molar-refractivity contribution in [2.45, 2.75) is 27.7 Å². The molecule has 1 heterocycles. The van der Waals surface area contributed by atoms with Gasteiger partial charge in [-0.05, 0) is 51.0 Å². The van der Waals surface area contributed by atoms with Crippen molar-refractivity contribution in [2.24, 2.45) is 9.98 Å². The molecule has 0 atom stereocenters. The molecule has 2 aromatic carbocycles. The Morgan fingerprint density at radius 2 is 1.04 bits per heavy atom. The molecule has 0 radical (unpaired) electrons. The summed E-state index contributed by atoms with van der Waals surface area (Å²) in [6.07, 6.45) is 0. The topological polar surface area (TPSA) is 38.8 Å². The summed E-state index contributed by atoms with van der Waals surface area (Å²) in [6.45, 7) is 8.11. The molecule has 0 aliphatic rings. The normalized spacial score (nSPS) is 11.6. The smallest absolute Gasteiger partial charge is 0.655 e. The van der Waals surface area contributed by atoms with E-state index in [-0.39, 0.29) is 24.5 Å². The average Bonchev–Trinajstić information content (AvgIpc) is 3.09. The second-order valence-electron chi connectivity index (χ2n) is 6.18. The van der Waals surface area contributed by atoms with Crippen molar-refractivity contribution in [3.8, 4) is 0 Å². The van der Waals surface area contributed by atoms with Gasteiger partial charge in [-0.1, -0.05) is 48.5 Å². The molecule has 140 valence electrons. The van der Waals surface area contributed by atoms with Crippen LogP contribution in [-0.2, 0) is 17.1 Å². The fourth-order valence-electron chi connectivity index (χ4n) is 2.62. The largest absolute Gasteiger partial charge is 2.00 e. The van der Waals surface area contributed by atoms with Crippen molar-refractivity contribution in [3.05, 3.63) is 90.6 Å². The molecule has 0 aliphatic heterocycles. The Morgan fingerprint density at radius 1 is 0.667 bits per heavy atom. The molecule has 0 fully saturated rings. The fourth-order valence-corrected chi connectivity index (χ4v) is 2.62. The molecule has 3 aromatic rings. The van der Waals surface area contributed by atoms with Gasteiger partial charge in [0.1, 0.15) is 0 Å². The Kier molecular flexibility index (Phi) is 8.42. The van der Waals surface area contributed by atoms with E-state index in [0.717, 1.165) is 45.3 Å². The fraction of sp³-hybridized carbons (Fsp3) is 0.174. The average molecular weight is 399 g/mol. The van der Waals surface area contributed by atoms with Gasteiger partial charge >= 0.3 is 17.1 Å². The van der Waals surface area contributed by atoms with Crippen LogP contribution in [0.15, 0.2) is 70.6 Å². The Bertz CT molecular complexity index is 876. The van der Waals surface area contributed by atoms with E-state index in [4.69, 9.17) is 15.0 Å². The van der Waals surface area contributed by atoms with E-state index in [9.17, 15) is 0 Å². The predicted molar refractivity (Wildman–Crippen MR) is 112 cm³/mol. The minimum atomic E-state index is 0. The van der Waals surface area contributed by atoms with E-state index in [1.54, 1.807) is 0 Å². The van der Waals surface area contributed by atoms with Crippen molar-refractivity contribution in [2.75, 3.05) is 0 Å². The molecule has 0 unspecified atom stereocenters. The van der Waals surface area contributed by atoms with Gasteiger partial charge in [0.15, 0.2) is 0 Å². The molecule has 0 N–H and O–H groups in total. The van der Waals surface area contributed by atoms with Crippen molar-refractivity contribution in [1.82, 2.24) is 4.98 Å². The number of nitrogens with zero attached hydrogens (tertiary/aromatic N) is 3. The van der Waals surface area contributed by atoms with Crippen LogP contribution in [0.2, 0.25) is 0 Å². The summed E-state index contributed by atoms with van der Waals surface area (Å²) in [7, 11) is 0. The van der Waals surface area contributed by atoms with Crippen LogP contribution >= 0.6 is 0 Å². The van der Waals surface area contributed by atoms with Crippen LogP contribution in [-0.4, -0.2) is 11.4 Å². The maximum atomic E-state index is 4.71. The third kappa shape index (κ3) is 5.53. The summed E-state index contributed by atoms with van der Waals surface area (Å²) in [5.74, 6) is 0. The van der Waals surface area contributed by atoms with Crippen LogP contribution in [0.4, 0.5) is 11.4 Å². The third-order valence-electron chi connectivity index (χ3n) is 4.19. The molecule has 27 heavy (non-hydrogen) atoms. The van der Waals surface area contributed by atoms with E-state index in [0.29, 0.717) is 0 Å². The van der Waals surface area contributed by atoms with E-state index >= 15 is 0 Å². The molecule has 4 heteroatoms. The first-order valence-electron chi connectivity index (χ1n) is 8.41. The zero-order valence-electron chi connectivity index (χ0n) is 16.5. The molecule has 0 spiro atoms. The first-order chi connectivity index (χ1) is 12.0. The van der Waals surface area contributed by atoms with E-state index in [1.807, 2.05) is 62.4 Å². The van der Waals surface area contributed by atoms with Gasteiger partial charge < -0.3 is 12.4 Å². The van der Waals surface area contributed by atoms with Crippen molar-refractivity contribution in [1.29, 1.82) is 0 Å². The molecule has 0 amide bonds. The molecule has 0 saturated heterocycles. The summed E-state index contributed by atoms with van der Waals surface area (Å²) in [5, 5.41) is 0. The van der Waals surface area contributed by atoms with Gasteiger partial charge in [0.05, 0.1) is 11.4 Å². The first-order valence-corrected chi connectivity index (χ1v) is 8.41. The monoisotopic (exact) mass is 399 g/mol. The summed E-state index contributed by atoms with van der Waals surface area (Å²) in [4.78, 5) is 14.1. The second kappa shape index (κ2) is 10.1. The van der Waals surface area contributed by atoms with Crippen LogP contribution in [0.1, 0.15) is 36.4 Å². The van der Waals surface area contributed by atoms with Crippen molar-refractivity contribution < 1.29 is 17.1 Å². The number of para-hydroxylation sites is 2. The van der Waals surface area contributed by atoms with Crippen molar-refractivity contribution >= 4 is 22.8 Å². The van der Waals surface area contributed by atoms with Crippen LogP contribution in [0.3, 0.4) is 0 Å². The molecular formula is C23H25FeN3. The quantitative estimate of drug-likeness (QED) is 0.302. The number of hydrogen-bond donors (Lipinski definition) is 0. The van der Waals surface area contributed by atoms with E-state index < -0.39 is 0 Å². The summed E-state index contributed by atoms with van der Waals surface area (Å²) >= 11 is 0. The van der Waals surface area contributed by atoms with Crippen LogP contribution in [0, 0.1) is 21.3 Å². The minimum Gasteiger partial charge on any atom is -0.655 e. The molecular weight excluding hydrogens is 374 g/mol. The zero-order valence-corrected chi connectivity index (χ0v) is 17.6. The third-order valence-corrected chi connectivity index (χ3v) is 4.19. The standard InChI is InChI=1S/C22H22N3.CH3.Fe/c1-15-9-5-7-11-19(15)23-17(3)21-13-14-22(25-21)18(4)24-20-12-8-6-10-16(20)2;;/h5-14H,1-4H3;1H3;/q2*-1;+2. The summed E-state index contributed by atoms with van der Waals surface area (Å²) < 4.78 is 0. The SMILES string of the molecule is CC(=Nc1ccccc1C)c1ccc(C(C)=Nc2ccccc2C)[n-]1.[CH3-].[Fe+2]. The molecule has 3 nitrogen and oxygen atoms in total. The minimum absolute atomic E-state index is 0. The van der Waals surface area contributed by atoms with Gasteiger partial charge in [-0.3, -0.25) is 9.98 Å². The molecule has 0 saturated carbocycles. The number of aliphatic imine (C=N–C) groups is 2. The van der Waals surface area contributed by atoms with Crippen LogP contribution in [0.5, 0.6) is 0 Å². The zero-order chi connectivity index (χ0) is 17.8. The molecule has 0 aliphatic carbocycles. The first kappa shape index (κ1) is 22.6. The second-order valence-corrected chi connectivity index (χ2v) is 6.18. The van der Waals surface area contributed by atoms with E-state index in [2.05, 4.69) is 26.0 Å². The van der Waals surface area contributed by atoms with Gasteiger partial charge in [-0.2, -0.15) is 0 Å². The van der Waals surface area contributed by atoms with E-state index in [1.165, 1.54) is 0 Å². The van der Waals surface area contributed by atoms with Crippen LogP contribution < -0.4 is 4.98 Å². The van der Waals surface area contributed by atoms with Crippen molar-refractivity contribution in [3.63, 3.8) is 0 Å². The number of aromatic nitrogens is 1. The molecule has 1 aromatic heterocycles. The summed E-state index contributed by atoms with van der Waals surface area (Å²) in [5.41, 5.74) is 7.87.